The van der Waals surface area contributed by atoms with Crippen molar-refractivity contribution in [1.29, 1.82) is 5.26 Å². The second kappa shape index (κ2) is 11.6. The Kier molecular flexibility index (Phi) is 9.19. The van der Waals surface area contributed by atoms with Crippen molar-refractivity contribution in [3.05, 3.63) is 62.0 Å². The fraction of sp³-hybridized carbons (Fsp3) is 0.238. The lowest BCUT2D eigenvalue weighted by molar-refractivity contribution is -0.117. The molecule has 1 amide bonds. The van der Waals surface area contributed by atoms with Gasteiger partial charge in [0.2, 0.25) is 0 Å². The summed E-state index contributed by atoms with van der Waals surface area (Å²) in [6, 6.07) is 13.2. The first-order valence-corrected chi connectivity index (χ1v) is 10.2. The smallest absolute Gasteiger partial charge is 0.262 e. The van der Waals surface area contributed by atoms with E-state index in [0.717, 1.165) is 10.0 Å². The topological polar surface area (TPSA) is 80.6 Å². The second-order valence-electron chi connectivity index (χ2n) is 5.87. The molecule has 152 valence electrons. The van der Waals surface area contributed by atoms with Gasteiger partial charge in [0.1, 0.15) is 18.2 Å². The van der Waals surface area contributed by atoms with Crippen LogP contribution in [0.25, 0.3) is 6.08 Å². The molecule has 2 rings (SSSR count). The third-order valence-electron chi connectivity index (χ3n) is 3.82. The molecule has 0 radical (unpaired) electrons. The predicted octanol–water partition coefficient (Wildman–Crippen LogP) is 4.47. The third-order valence-corrected chi connectivity index (χ3v) is 4.93. The van der Waals surface area contributed by atoms with Crippen molar-refractivity contribution in [3.63, 3.8) is 0 Å². The van der Waals surface area contributed by atoms with E-state index in [1.165, 1.54) is 20.3 Å². The van der Waals surface area contributed by atoms with E-state index in [4.69, 9.17) is 14.2 Å². The molecule has 0 unspecified atom stereocenters. The molecule has 0 bridgehead atoms. The van der Waals surface area contributed by atoms with Crippen molar-refractivity contribution in [2.24, 2.45) is 0 Å². The summed E-state index contributed by atoms with van der Waals surface area (Å²) in [5.74, 6) is 0.561. The van der Waals surface area contributed by atoms with Crippen molar-refractivity contribution >= 4 is 43.8 Å². The van der Waals surface area contributed by atoms with Gasteiger partial charge in [-0.1, -0.05) is 28.1 Å². The number of rotatable bonds is 9. The number of nitrogens with one attached hydrogen (secondary N) is 1. The van der Waals surface area contributed by atoms with E-state index >= 15 is 0 Å². The van der Waals surface area contributed by atoms with Gasteiger partial charge in [-0.2, -0.15) is 5.26 Å². The van der Waals surface area contributed by atoms with Gasteiger partial charge in [0.25, 0.3) is 5.91 Å². The number of methoxy groups -OCH3 is 2. The lowest BCUT2D eigenvalue weighted by Crippen LogP contribution is -2.27. The Morgan fingerprint density at radius 2 is 1.93 bits per heavy atom. The lowest BCUT2D eigenvalue weighted by Gasteiger charge is -2.14. The van der Waals surface area contributed by atoms with E-state index in [1.807, 2.05) is 30.3 Å². The van der Waals surface area contributed by atoms with Gasteiger partial charge in [-0.05, 0) is 57.4 Å². The molecule has 0 saturated carbocycles. The molecule has 2 aromatic rings. The Balaban J connectivity index is 2.20. The number of carbonyl (C=O) groups is 1. The molecule has 0 aromatic heterocycles. The maximum atomic E-state index is 12.1. The molecule has 0 aliphatic heterocycles. The minimum atomic E-state index is -0.463. The first-order valence-electron chi connectivity index (χ1n) is 8.62. The van der Waals surface area contributed by atoms with Gasteiger partial charge < -0.3 is 19.5 Å². The first-order chi connectivity index (χ1) is 14.0. The third kappa shape index (κ3) is 6.89. The van der Waals surface area contributed by atoms with Crippen LogP contribution in [0.1, 0.15) is 11.1 Å². The van der Waals surface area contributed by atoms with Crippen LogP contribution in [0.4, 0.5) is 0 Å². The highest BCUT2D eigenvalue weighted by atomic mass is 79.9. The van der Waals surface area contributed by atoms with E-state index in [9.17, 15) is 10.1 Å². The number of ether oxygens (including phenoxy) is 3. The Morgan fingerprint density at radius 3 is 2.55 bits per heavy atom. The zero-order valence-corrected chi connectivity index (χ0v) is 19.2. The number of nitriles is 1. The molecule has 1 N–H and O–H groups in total. The molecular formula is C21H20Br2N2O4. The zero-order chi connectivity index (χ0) is 21.2. The summed E-state index contributed by atoms with van der Waals surface area (Å²) in [6.45, 7) is 1.06. The summed E-state index contributed by atoms with van der Waals surface area (Å²) in [5, 5.41) is 11.9. The molecule has 6 nitrogen and oxygen atoms in total. The molecule has 0 fully saturated rings. The van der Waals surface area contributed by atoms with Crippen LogP contribution in [0, 0.1) is 11.3 Å². The summed E-state index contributed by atoms with van der Waals surface area (Å²) in [5.41, 5.74) is 1.62. The largest absolute Gasteiger partial charge is 0.493 e. The lowest BCUT2D eigenvalue weighted by atomic mass is 10.1. The SMILES string of the molecule is COCCNC(=O)/C(C#N)=C/c1cc(Br)c(OCc2ccc(Br)cc2)c(OC)c1. The minimum Gasteiger partial charge on any atom is -0.493 e. The van der Waals surface area contributed by atoms with Gasteiger partial charge in [0.05, 0.1) is 18.2 Å². The molecule has 0 aliphatic carbocycles. The molecule has 0 spiro atoms. The molecule has 29 heavy (non-hydrogen) atoms. The standard InChI is InChI=1S/C21H20Br2N2O4/c1-27-8-7-25-21(26)16(12-24)9-15-10-18(23)20(19(11-15)28-2)29-13-14-3-5-17(22)6-4-14/h3-6,9-11H,7-8,13H2,1-2H3,(H,25,26)/b16-9+. The quantitative estimate of drug-likeness (QED) is 0.298. The Bertz CT molecular complexity index is 922. The van der Waals surface area contributed by atoms with Crippen LogP contribution >= 0.6 is 31.9 Å². The molecule has 0 aliphatic rings. The van der Waals surface area contributed by atoms with Crippen molar-refractivity contribution in [2.75, 3.05) is 27.4 Å². The van der Waals surface area contributed by atoms with E-state index < -0.39 is 5.91 Å². The van der Waals surface area contributed by atoms with E-state index in [-0.39, 0.29) is 5.57 Å². The summed E-state index contributed by atoms with van der Waals surface area (Å²) < 4.78 is 17.9. The molecule has 8 heteroatoms. The maximum Gasteiger partial charge on any atom is 0.262 e. The monoisotopic (exact) mass is 522 g/mol. The number of carbonyl (C=O) groups excluding carboxylic acids is 1. The van der Waals surface area contributed by atoms with Gasteiger partial charge in [-0.25, -0.2) is 0 Å². The second-order valence-corrected chi connectivity index (χ2v) is 7.64. The highest BCUT2D eigenvalue weighted by Gasteiger charge is 2.14. The Morgan fingerprint density at radius 1 is 1.21 bits per heavy atom. The van der Waals surface area contributed by atoms with Crippen molar-refractivity contribution in [3.8, 4) is 17.6 Å². The number of hydrogen-bond acceptors (Lipinski definition) is 5. The van der Waals surface area contributed by atoms with Crippen LogP contribution in [0.3, 0.4) is 0 Å². The Hall–Kier alpha value is -2.34. The summed E-state index contributed by atoms with van der Waals surface area (Å²) in [4.78, 5) is 12.1. The maximum absolute atomic E-state index is 12.1. The average molecular weight is 524 g/mol. The van der Waals surface area contributed by atoms with Crippen molar-refractivity contribution in [1.82, 2.24) is 5.32 Å². The van der Waals surface area contributed by atoms with Gasteiger partial charge in [-0.3, -0.25) is 4.79 Å². The van der Waals surface area contributed by atoms with Gasteiger partial charge in [0.15, 0.2) is 11.5 Å². The number of benzene rings is 2. The highest BCUT2D eigenvalue weighted by Crippen LogP contribution is 2.37. The predicted molar refractivity (Wildman–Crippen MR) is 118 cm³/mol. The van der Waals surface area contributed by atoms with E-state index in [1.54, 1.807) is 12.1 Å². The fourth-order valence-electron chi connectivity index (χ4n) is 2.38. The summed E-state index contributed by atoms with van der Waals surface area (Å²) in [6.07, 6.45) is 1.49. The number of amides is 1. The Labute approximate surface area is 186 Å². The minimum absolute atomic E-state index is 0.0152. The average Bonchev–Trinajstić information content (AvgIpc) is 2.72. The normalized spacial score (nSPS) is 10.9. The van der Waals surface area contributed by atoms with Crippen LogP contribution in [-0.2, 0) is 16.1 Å². The van der Waals surface area contributed by atoms with Crippen LogP contribution in [0.2, 0.25) is 0 Å². The fourth-order valence-corrected chi connectivity index (χ4v) is 3.21. The molecular weight excluding hydrogens is 504 g/mol. The van der Waals surface area contributed by atoms with Gasteiger partial charge >= 0.3 is 0 Å². The van der Waals surface area contributed by atoms with Crippen LogP contribution in [-0.4, -0.2) is 33.3 Å². The highest BCUT2D eigenvalue weighted by molar-refractivity contribution is 9.10. The number of nitrogens with zero attached hydrogens (tertiary/aromatic N) is 1. The summed E-state index contributed by atoms with van der Waals surface area (Å²) >= 11 is 6.89. The first kappa shape index (κ1) is 22.9. The van der Waals surface area contributed by atoms with Crippen LogP contribution in [0.15, 0.2) is 50.9 Å². The van der Waals surface area contributed by atoms with Crippen molar-refractivity contribution < 1.29 is 19.0 Å². The summed E-state index contributed by atoms with van der Waals surface area (Å²) in [7, 11) is 3.07. The van der Waals surface area contributed by atoms with Gasteiger partial charge in [-0.15, -0.1) is 0 Å². The molecule has 2 aromatic carbocycles. The molecule has 0 saturated heterocycles. The van der Waals surface area contributed by atoms with Crippen LogP contribution in [0.5, 0.6) is 11.5 Å². The number of hydrogen-bond donors (Lipinski definition) is 1. The van der Waals surface area contributed by atoms with Gasteiger partial charge in [0, 0.05) is 18.1 Å². The van der Waals surface area contributed by atoms with Crippen LogP contribution < -0.4 is 14.8 Å². The van der Waals surface area contributed by atoms with E-state index in [2.05, 4.69) is 37.2 Å². The molecule has 0 heterocycles. The molecule has 0 atom stereocenters. The van der Waals surface area contributed by atoms with E-state index in [0.29, 0.717) is 41.3 Å². The number of halogens is 2. The zero-order valence-electron chi connectivity index (χ0n) is 16.0. The van der Waals surface area contributed by atoms with Crippen molar-refractivity contribution in [2.45, 2.75) is 6.61 Å².